The SMILES string of the molecule is Cl.Cn1c(=O)n(C2CCC(=O)NC2=O)c2ccc3c(c21)OC[C@@H]1CNCCN1C3=O. The van der Waals surface area contributed by atoms with E-state index >= 15 is 0 Å². The van der Waals surface area contributed by atoms with Crippen LogP contribution in [0.15, 0.2) is 16.9 Å². The fourth-order valence-electron chi connectivity index (χ4n) is 4.50. The third kappa shape index (κ3) is 2.90. The van der Waals surface area contributed by atoms with Crippen LogP contribution in [0.25, 0.3) is 11.0 Å². The maximum Gasteiger partial charge on any atom is 0.329 e. The number of benzene rings is 1. The molecule has 2 N–H and O–H groups in total. The fraction of sp³-hybridized carbons (Fsp3) is 0.474. The van der Waals surface area contributed by atoms with Gasteiger partial charge in [0.15, 0.2) is 5.75 Å². The van der Waals surface area contributed by atoms with Gasteiger partial charge in [-0.25, -0.2) is 4.79 Å². The summed E-state index contributed by atoms with van der Waals surface area (Å²) in [6.45, 7) is 2.30. The monoisotopic (exact) mass is 435 g/mol. The lowest BCUT2D eigenvalue weighted by atomic mass is 10.1. The first-order chi connectivity index (χ1) is 14.0. The van der Waals surface area contributed by atoms with Gasteiger partial charge >= 0.3 is 5.69 Å². The van der Waals surface area contributed by atoms with E-state index in [1.54, 1.807) is 19.2 Å². The lowest BCUT2D eigenvalue weighted by molar-refractivity contribution is -0.135. The van der Waals surface area contributed by atoms with Gasteiger partial charge in [-0.1, -0.05) is 0 Å². The highest BCUT2D eigenvalue weighted by Crippen LogP contribution is 2.34. The number of aryl methyl sites for hydroxylation is 1. The second-order valence-electron chi connectivity index (χ2n) is 7.66. The topological polar surface area (TPSA) is 115 Å². The molecule has 5 rings (SSSR count). The number of imide groups is 1. The van der Waals surface area contributed by atoms with E-state index in [9.17, 15) is 19.2 Å². The number of rotatable bonds is 1. The number of piperazine rings is 1. The molecule has 1 aromatic heterocycles. The van der Waals surface area contributed by atoms with Gasteiger partial charge in [-0.15, -0.1) is 12.4 Å². The van der Waals surface area contributed by atoms with Crippen LogP contribution in [0, 0.1) is 0 Å². The van der Waals surface area contributed by atoms with Crippen LogP contribution < -0.4 is 21.1 Å². The molecule has 1 unspecified atom stereocenters. The van der Waals surface area contributed by atoms with Gasteiger partial charge < -0.3 is 15.0 Å². The number of carbonyl (C=O) groups excluding carboxylic acids is 3. The van der Waals surface area contributed by atoms with Crippen molar-refractivity contribution in [1.29, 1.82) is 0 Å². The van der Waals surface area contributed by atoms with Gasteiger partial charge in [-0.3, -0.25) is 28.8 Å². The van der Waals surface area contributed by atoms with Crippen molar-refractivity contribution in [2.24, 2.45) is 7.05 Å². The maximum atomic E-state index is 13.1. The molecule has 2 aromatic rings. The number of imidazole rings is 1. The van der Waals surface area contributed by atoms with Crippen molar-refractivity contribution < 1.29 is 19.1 Å². The molecule has 2 fully saturated rings. The third-order valence-electron chi connectivity index (χ3n) is 5.98. The van der Waals surface area contributed by atoms with Crippen LogP contribution in [0.1, 0.15) is 29.2 Å². The largest absolute Gasteiger partial charge is 0.488 e. The van der Waals surface area contributed by atoms with Crippen molar-refractivity contribution in [1.82, 2.24) is 24.7 Å². The van der Waals surface area contributed by atoms with Crippen molar-refractivity contribution >= 4 is 41.2 Å². The number of nitrogens with one attached hydrogen (secondary N) is 2. The molecule has 0 radical (unpaired) electrons. The van der Waals surface area contributed by atoms with E-state index in [4.69, 9.17) is 4.74 Å². The normalized spacial score (nSPS) is 23.8. The predicted molar refractivity (Wildman–Crippen MR) is 109 cm³/mol. The first-order valence-electron chi connectivity index (χ1n) is 9.69. The van der Waals surface area contributed by atoms with Gasteiger partial charge in [0.1, 0.15) is 18.2 Å². The molecule has 3 aliphatic heterocycles. The number of fused-ring (bicyclic) bond motifs is 4. The number of nitrogens with zero attached hydrogens (tertiary/aromatic N) is 3. The van der Waals surface area contributed by atoms with Crippen LogP contribution in [0.3, 0.4) is 0 Å². The summed E-state index contributed by atoms with van der Waals surface area (Å²) in [4.78, 5) is 51.8. The minimum Gasteiger partial charge on any atom is -0.488 e. The molecule has 3 amide bonds. The molecule has 160 valence electrons. The van der Waals surface area contributed by atoms with E-state index < -0.39 is 11.9 Å². The van der Waals surface area contributed by atoms with Crippen LogP contribution in [0.2, 0.25) is 0 Å². The molecule has 0 saturated carbocycles. The zero-order chi connectivity index (χ0) is 20.3. The molecule has 1 aromatic carbocycles. The average Bonchev–Trinajstić information content (AvgIpc) is 2.87. The number of piperidine rings is 1. The van der Waals surface area contributed by atoms with E-state index in [-0.39, 0.29) is 48.8 Å². The molecule has 3 aliphatic rings. The standard InChI is InChI=1S/C19H21N5O5.ClH/c1-22-15-12(24(19(22)28)13-4-5-14(25)21-17(13)26)3-2-11-16(15)29-9-10-8-20-6-7-23(10)18(11)27;/h2-3,10,13,20H,4-9H2,1H3,(H,21,25,26);1H/t10-,13?;/m0./s1. The van der Waals surface area contributed by atoms with Crippen LogP contribution in [0.4, 0.5) is 0 Å². The van der Waals surface area contributed by atoms with E-state index in [0.29, 0.717) is 42.0 Å². The van der Waals surface area contributed by atoms with Crippen molar-refractivity contribution in [2.75, 3.05) is 26.2 Å². The first-order valence-corrected chi connectivity index (χ1v) is 9.69. The zero-order valence-electron chi connectivity index (χ0n) is 16.3. The number of aromatic nitrogens is 2. The van der Waals surface area contributed by atoms with Gasteiger partial charge in [-0.05, 0) is 18.6 Å². The average molecular weight is 436 g/mol. The number of hydrogen-bond acceptors (Lipinski definition) is 6. The Labute approximate surface area is 177 Å². The Morgan fingerprint density at radius 3 is 2.73 bits per heavy atom. The van der Waals surface area contributed by atoms with Gasteiger partial charge in [0.25, 0.3) is 5.91 Å². The number of hydrogen-bond donors (Lipinski definition) is 2. The van der Waals surface area contributed by atoms with Gasteiger partial charge in [-0.2, -0.15) is 0 Å². The van der Waals surface area contributed by atoms with Crippen molar-refractivity contribution in [3.63, 3.8) is 0 Å². The van der Waals surface area contributed by atoms with Crippen molar-refractivity contribution in [3.05, 3.63) is 28.2 Å². The number of amides is 3. The highest BCUT2D eigenvalue weighted by molar-refractivity contribution is 6.04. The lowest BCUT2D eigenvalue weighted by Gasteiger charge is -2.33. The van der Waals surface area contributed by atoms with Gasteiger partial charge in [0.2, 0.25) is 11.8 Å². The minimum absolute atomic E-state index is 0. The Bertz CT molecular complexity index is 1120. The lowest BCUT2D eigenvalue weighted by Crippen LogP contribution is -2.54. The Balaban J connectivity index is 0.00000218. The quantitative estimate of drug-likeness (QED) is 0.586. The molecular weight excluding hydrogens is 414 g/mol. The molecule has 4 heterocycles. The summed E-state index contributed by atoms with van der Waals surface area (Å²) in [5.74, 6) is -0.585. The molecular formula is C19H22ClN5O5. The molecule has 11 heteroatoms. The number of carbonyl (C=O) groups is 3. The molecule has 2 saturated heterocycles. The first kappa shape index (κ1) is 20.4. The highest BCUT2D eigenvalue weighted by Gasteiger charge is 2.36. The molecule has 10 nitrogen and oxygen atoms in total. The molecule has 0 spiro atoms. The second kappa shape index (κ2) is 7.44. The molecule has 30 heavy (non-hydrogen) atoms. The Morgan fingerprint density at radius 1 is 1.17 bits per heavy atom. The Kier molecular flexibility index (Phi) is 5.07. The van der Waals surface area contributed by atoms with Crippen molar-refractivity contribution in [3.8, 4) is 5.75 Å². The zero-order valence-corrected chi connectivity index (χ0v) is 17.2. The Hall–Kier alpha value is -2.85. The summed E-state index contributed by atoms with van der Waals surface area (Å²) in [7, 11) is 1.60. The van der Waals surface area contributed by atoms with Crippen LogP contribution in [-0.4, -0.2) is 64.0 Å². The third-order valence-corrected chi connectivity index (χ3v) is 5.98. The molecule has 2 atom stereocenters. The van der Waals surface area contributed by atoms with E-state index in [0.717, 1.165) is 6.54 Å². The van der Waals surface area contributed by atoms with Crippen LogP contribution in [0.5, 0.6) is 5.75 Å². The second-order valence-corrected chi connectivity index (χ2v) is 7.66. The maximum absolute atomic E-state index is 13.1. The van der Waals surface area contributed by atoms with Crippen LogP contribution in [-0.2, 0) is 16.6 Å². The highest BCUT2D eigenvalue weighted by atomic mass is 35.5. The van der Waals surface area contributed by atoms with Gasteiger partial charge in [0.05, 0.1) is 17.1 Å². The Morgan fingerprint density at radius 2 is 1.97 bits per heavy atom. The molecule has 0 bridgehead atoms. The smallest absolute Gasteiger partial charge is 0.329 e. The van der Waals surface area contributed by atoms with E-state index in [1.165, 1.54) is 9.13 Å². The minimum atomic E-state index is -0.779. The summed E-state index contributed by atoms with van der Waals surface area (Å²) in [6, 6.07) is 2.49. The fourth-order valence-corrected chi connectivity index (χ4v) is 4.50. The predicted octanol–water partition coefficient (Wildman–Crippen LogP) is -0.454. The summed E-state index contributed by atoms with van der Waals surface area (Å²) in [6.07, 6.45) is 0.422. The van der Waals surface area contributed by atoms with Crippen molar-refractivity contribution in [2.45, 2.75) is 24.9 Å². The summed E-state index contributed by atoms with van der Waals surface area (Å²) in [5.41, 5.74) is 1.02. The summed E-state index contributed by atoms with van der Waals surface area (Å²) < 4.78 is 8.86. The number of halogens is 1. The molecule has 0 aliphatic carbocycles. The summed E-state index contributed by atoms with van der Waals surface area (Å²) in [5, 5.41) is 5.56. The van der Waals surface area contributed by atoms with Crippen LogP contribution >= 0.6 is 12.4 Å². The summed E-state index contributed by atoms with van der Waals surface area (Å²) >= 11 is 0. The van der Waals surface area contributed by atoms with Gasteiger partial charge in [0, 0.05) is 33.1 Å². The van der Waals surface area contributed by atoms with E-state index in [1.807, 2.05) is 4.90 Å². The number of ether oxygens (including phenoxy) is 1. The van der Waals surface area contributed by atoms with E-state index in [2.05, 4.69) is 10.6 Å².